The zero-order chi connectivity index (χ0) is 16.2. The average molecular weight is 307 g/mol. The van der Waals surface area contributed by atoms with Crippen molar-refractivity contribution in [1.29, 1.82) is 0 Å². The summed E-state index contributed by atoms with van der Waals surface area (Å²) in [5.41, 5.74) is 2.96. The van der Waals surface area contributed by atoms with Gasteiger partial charge in [0.1, 0.15) is 0 Å². The quantitative estimate of drug-likeness (QED) is 0.776. The number of carbonyl (C=O) groups is 1. The zero-order valence-electron chi connectivity index (χ0n) is 12.8. The molecule has 2 N–H and O–H groups in total. The monoisotopic (exact) mass is 307 g/mol. The molecule has 0 radical (unpaired) electrons. The lowest BCUT2D eigenvalue weighted by molar-refractivity contribution is 0.0953. The Morgan fingerprint density at radius 2 is 2.13 bits per heavy atom. The van der Waals surface area contributed by atoms with Crippen LogP contribution in [0.5, 0.6) is 0 Å². The third-order valence-corrected chi connectivity index (χ3v) is 3.77. The molecule has 1 aromatic carbocycles. The van der Waals surface area contributed by atoms with Gasteiger partial charge in [-0.25, -0.2) is 0 Å². The Kier molecular flexibility index (Phi) is 4.19. The number of aromatic amines is 1. The fourth-order valence-electron chi connectivity index (χ4n) is 2.52. The largest absolute Gasteiger partial charge is 0.352 e. The van der Waals surface area contributed by atoms with E-state index >= 15 is 0 Å². The second-order valence-corrected chi connectivity index (χ2v) is 5.41. The molecule has 0 spiro atoms. The van der Waals surface area contributed by atoms with E-state index in [1.54, 1.807) is 18.3 Å². The number of nitrogens with one attached hydrogen (secondary N) is 2. The molecule has 1 amide bonds. The third kappa shape index (κ3) is 3.29. The number of nitrogens with zero attached hydrogens (tertiary/aromatic N) is 1. The van der Waals surface area contributed by atoms with E-state index in [1.165, 1.54) is 6.20 Å². The Hall–Kier alpha value is -2.95. The summed E-state index contributed by atoms with van der Waals surface area (Å²) < 4.78 is 0. The number of benzene rings is 1. The predicted octanol–water partition coefficient (Wildman–Crippen LogP) is 2.20. The Morgan fingerprint density at radius 1 is 1.26 bits per heavy atom. The minimum Gasteiger partial charge on any atom is -0.352 e. The summed E-state index contributed by atoms with van der Waals surface area (Å²) in [5.74, 6) is -0.189. The zero-order valence-corrected chi connectivity index (χ0v) is 12.8. The summed E-state index contributed by atoms with van der Waals surface area (Å²) in [4.78, 5) is 30.9. The van der Waals surface area contributed by atoms with Crippen LogP contribution in [0.2, 0.25) is 0 Å². The number of hydrogen-bond donors (Lipinski definition) is 2. The highest BCUT2D eigenvalue weighted by Crippen LogP contribution is 2.15. The van der Waals surface area contributed by atoms with E-state index in [4.69, 9.17) is 0 Å². The number of carbonyl (C=O) groups excluding carboxylic acids is 1. The molecule has 3 rings (SSSR count). The van der Waals surface area contributed by atoms with Crippen LogP contribution in [-0.4, -0.2) is 22.4 Å². The molecule has 0 aliphatic carbocycles. The molecule has 116 valence electrons. The smallest absolute Gasteiger partial charge is 0.252 e. The van der Waals surface area contributed by atoms with Gasteiger partial charge in [0.05, 0.1) is 11.1 Å². The maximum Gasteiger partial charge on any atom is 0.252 e. The molecular weight excluding hydrogens is 290 g/mol. The number of aromatic nitrogens is 2. The summed E-state index contributed by atoms with van der Waals surface area (Å²) in [7, 11) is 0. The van der Waals surface area contributed by atoms with Gasteiger partial charge in [0.15, 0.2) is 0 Å². The van der Waals surface area contributed by atoms with Crippen molar-refractivity contribution < 1.29 is 4.79 Å². The number of para-hydroxylation sites is 1. The first kappa shape index (κ1) is 15.0. The van der Waals surface area contributed by atoms with Crippen LogP contribution in [0.25, 0.3) is 10.9 Å². The van der Waals surface area contributed by atoms with Crippen molar-refractivity contribution in [2.45, 2.75) is 13.3 Å². The Morgan fingerprint density at radius 3 is 2.91 bits per heavy atom. The minimum atomic E-state index is -0.189. The van der Waals surface area contributed by atoms with E-state index in [0.29, 0.717) is 24.1 Å². The van der Waals surface area contributed by atoms with Gasteiger partial charge in [-0.3, -0.25) is 14.6 Å². The molecule has 0 aliphatic heterocycles. The van der Waals surface area contributed by atoms with Gasteiger partial charge < -0.3 is 10.3 Å². The molecule has 0 saturated heterocycles. The summed E-state index contributed by atoms with van der Waals surface area (Å²) in [6.07, 6.45) is 3.61. The first-order valence-corrected chi connectivity index (χ1v) is 7.45. The fraction of sp³-hybridized carbons (Fsp3) is 0.167. The van der Waals surface area contributed by atoms with E-state index < -0.39 is 0 Å². The number of hydrogen-bond acceptors (Lipinski definition) is 3. The van der Waals surface area contributed by atoms with E-state index in [2.05, 4.69) is 15.3 Å². The van der Waals surface area contributed by atoms with Crippen molar-refractivity contribution in [2.24, 2.45) is 0 Å². The molecule has 5 nitrogen and oxygen atoms in total. The van der Waals surface area contributed by atoms with Gasteiger partial charge in [-0.15, -0.1) is 0 Å². The van der Waals surface area contributed by atoms with Gasteiger partial charge >= 0.3 is 0 Å². The van der Waals surface area contributed by atoms with E-state index in [9.17, 15) is 9.59 Å². The molecule has 5 heteroatoms. The summed E-state index contributed by atoms with van der Waals surface area (Å²) in [5, 5.41) is 3.80. The van der Waals surface area contributed by atoms with Gasteiger partial charge in [0.2, 0.25) is 0 Å². The minimum absolute atomic E-state index is 0.109. The Labute approximate surface area is 133 Å². The van der Waals surface area contributed by atoms with Crippen LogP contribution < -0.4 is 10.9 Å². The molecule has 3 aromatic rings. The van der Waals surface area contributed by atoms with Crippen LogP contribution >= 0.6 is 0 Å². The first-order valence-electron chi connectivity index (χ1n) is 7.45. The van der Waals surface area contributed by atoms with E-state index in [-0.39, 0.29) is 11.5 Å². The van der Waals surface area contributed by atoms with Crippen LogP contribution in [0.3, 0.4) is 0 Å². The molecule has 2 heterocycles. The summed E-state index contributed by atoms with van der Waals surface area (Å²) in [6, 6.07) is 11.2. The van der Waals surface area contributed by atoms with Crippen LogP contribution in [-0.2, 0) is 6.42 Å². The maximum atomic E-state index is 12.2. The average Bonchev–Trinajstić information content (AvgIpc) is 2.57. The van der Waals surface area contributed by atoms with Gasteiger partial charge in [0.25, 0.3) is 11.5 Å². The van der Waals surface area contributed by atoms with Crippen LogP contribution in [0, 0.1) is 6.92 Å². The van der Waals surface area contributed by atoms with Crippen LogP contribution in [0.4, 0.5) is 0 Å². The molecule has 0 atom stereocenters. The summed E-state index contributed by atoms with van der Waals surface area (Å²) >= 11 is 0. The lowest BCUT2D eigenvalue weighted by atomic mass is 10.1. The van der Waals surface area contributed by atoms with Gasteiger partial charge in [-0.1, -0.05) is 18.2 Å². The normalized spacial score (nSPS) is 10.7. The summed E-state index contributed by atoms with van der Waals surface area (Å²) in [6.45, 7) is 2.36. The molecule has 0 unspecified atom stereocenters. The van der Waals surface area contributed by atoms with Crippen molar-refractivity contribution in [2.75, 3.05) is 6.54 Å². The first-order chi connectivity index (χ1) is 11.1. The van der Waals surface area contributed by atoms with Gasteiger partial charge in [0, 0.05) is 24.5 Å². The topological polar surface area (TPSA) is 74.8 Å². The highest BCUT2D eigenvalue weighted by atomic mass is 16.1. The van der Waals surface area contributed by atoms with E-state index in [1.807, 2.05) is 31.2 Å². The second-order valence-electron chi connectivity index (χ2n) is 5.41. The number of rotatable bonds is 4. The lowest BCUT2D eigenvalue weighted by Crippen LogP contribution is -2.27. The maximum absolute atomic E-state index is 12.2. The van der Waals surface area contributed by atoms with Crippen molar-refractivity contribution in [3.05, 3.63) is 75.8 Å². The Balaban J connectivity index is 1.71. The predicted molar refractivity (Wildman–Crippen MR) is 89.6 cm³/mol. The SMILES string of the molecule is Cc1cccc2cc(CCNC(=O)c3cccnc3)c(=O)[nH]c12. The number of pyridine rings is 2. The second kappa shape index (κ2) is 6.44. The Bertz CT molecular complexity index is 901. The molecule has 2 aromatic heterocycles. The third-order valence-electron chi connectivity index (χ3n) is 3.77. The molecule has 23 heavy (non-hydrogen) atoms. The van der Waals surface area contributed by atoms with Gasteiger partial charge in [-0.05, 0) is 42.5 Å². The van der Waals surface area contributed by atoms with Crippen molar-refractivity contribution in [3.8, 4) is 0 Å². The number of fused-ring (bicyclic) bond motifs is 1. The highest BCUT2D eigenvalue weighted by molar-refractivity contribution is 5.93. The van der Waals surface area contributed by atoms with Crippen molar-refractivity contribution >= 4 is 16.8 Å². The van der Waals surface area contributed by atoms with Crippen molar-refractivity contribution in [3.63, 3.8) is 0 Å². The number of aryl methyl sites for hydroxylation is 1. The van der Waals surface area contributed by atoms with Crippen LogP contribution in [0.15, 0.2) is 53.6 Å². The lowest BCUT2D eigenvalue weighted by Gasteiger charge is -2.07. The molecule has 0 aliphatic rings. The fourth-order valence-corrected chi connectivity index (χ4v) is 2.52. The molecular formula is C18H17N3O2. The van der Waals surface area contributed by atoms with Crippen molar-refractivity contribution in [1.82, 2.24) is 15.3 Å². The van der Waals surface area contributed by atoms with Gasteiger partial charge in [-0.2, -0.15) is 0 Å². The van der Waals surface area contributed by atoms with Crippen LogP contribution in [0.1, 0.15) is 21.5 Å². The number of H-pyrrole nitrogens is 1. The standard InChI is InChI=1S/C18H17N3O2/c1-12-4-2-5-13-10-14(18(23)21-16(12)13)7-9-20-17(22)15-6-3-8-19-11-15/h2-6,8,10-11H,7,9H2,1H3,(H,20,22)(H,21,23). The molecule has 0 bridgehead atoms. The molecule has 0 fully saturated rings. The highest BCUT2D eigenvalue weighted by Gasteiger charge is 2.07. The molecule has 0 saturated carbocycles. The van der Waals surface area contributed by atoms with E-state index in [0.717, 1.165) is 16.5 Å². The number of amides is 1.